The van der Waals surface area contributed by atoms with Crippen LogP contribution in [0.25, 0.3) is 0 Å². The lowest BCUT2D eigenvalue weighted by Crippen LogP contribution is -2.43. The molecule has 34 heavy (non-hydrogen) atoms. The van der Waals surface area contributed by atoms with Crippen LogP contribution in [0.2, 0.25) is 0 Å². The molecular formula is C22H23F6N5O. The zero-order valence-corrected chi connectivity index (χ0v) is 18.3. The first-order chi connectivity index (χ1) is 15.8. The zero-order valence-electron chi connectivity index (χ0n) is 18.3. The van der Waals surface area contributed by atoms with Crippen LogP contribution in [-0.2, 0) is 25.3 Å². The van der Waals surface area contributed by atoms with Gasteiger partial charge in [0.2, 0.25) is 5.82 Å². The van der Waals surface area contributed by atoms with Gasteiger partial charge in [-0.05, 0) is 49.4 Å². The van der Waals surface area contributed by atoms with Crippen molar-refractivity contribution in [1.82, 2.24) is 14.9 Å². The van der Waals surface area contributed by atoms with Gasteiger partial charge < -0.3 is 15.5 Å². The van der Waals surface area contributed by atoms with Crippen molar-refractivity contribution in [3.63, 3.8) is 0 Å². The van der Waals surface area contributed by atoms with Crippen molar-refractivity contribution in [3.05, 3.63) is 52.0 Å². The van der Waals surface area contributed by atoms with Crippen LogP contribution in [0.15, 0.2) is 18.2 Å². The van der Waals surface area contributed by atoms with Crippen LogP contribution < -0.4 is 10.6 Å². The van der Waals surface area contributed by atoms with Crippen LogP contribution in [0.5, 0.6) is 0 Å². The summed E-state index contributed by atoms with van der Waals surface area (Å²) in [6.45, 7) is 2.23. The normalized spacial score (nSPS) is 17.6. The Morgan fingerprint density at radius 2 is 1.68 bits per heavy atom. The summed E-state index contributed by atoms with van der Waals surface area (Å²) < 4.78 is 80.3. The summed E-state index contributed by atoms with van der Waals surface area (Å²) in [5, 5.41) is 0. The molecule has 6 nitrogen and oxygen atoms in total. The lowest BCUT2D eigenvalue weighted by Gasteiger charge is -2.33. The molecule has 2 N–H and O–H groups in total. The third kappa shape index (κ3) is 4.82. The van der Waals surface area contributed by atoms with Gasteiger partial charge in [0.05, 0.1) is 5.56 Å². The van der Waals surface area contributed by atoms with Gasteiger partial charge >= 0.3 is 12.4 Å². The number of benzene rings is 1. The number of anilines is 1. The highest BCUT2D eigenvalue weighted by Gasteiger charge is 2.39. The number of piperidine rings is 1. The van der Waals surface area contributed by atoms with Crippen molar-refractivity contribution in [3.8, 4) is 0 Å². The molecule has 184 valence electrons. The van der Waals surface area contributed by atoms with E-state index in [2.05, 4.69) is 9.97 Å². The number of hydrogen-bond acceptors (Lipinski definition) is 5. The van der Waals surface area contributed by atoms with E-state index in [1.807, 2.05) is 0 Å². The second-order valence-electron chi connectivity index (χ2n) is 8.62. The Bertz CT molecular complexity index is 1090. The Morgan fingerprint density at radius 3 is 2.29 bits per heavy atom. The number of carbonyl (C=O) groups excluding carboxylic acids is 1. The summed E-state index contributed by atoms with van der Waals surface area (Å²) in [7, 11) is 0. The van der Waals surface area contributed by atoms with Gasteiger partial charge in [-0.15, -0.1) is 0 Å². The fourth-order valence-corrected chi connectivity index (χ4v) is 4.31. The minimum Gasteiger partial charge on any atom is -0.352 e. The predicted octanol–water partition coefficient (Wildman–Crippen LogP) is 3.95. The third-order valence-corrected chi connectivity index (χ3v) is 6.25. The number of likely N-dealkylation sites (tertiary alicyclic amines) is 1. The minimum absolute atomic E-state index is 0.0688. The second kappa shape index (κ2) is 8.71. The number of nitrogens with two attached hydrogens (primary N) is 1. The number of aromatic nitrogens is 2. The minimum atomic E-state index is -4.90. The molecule has 4 rings (SSSR count). The van der Waals surface area contributed by atoms with Gasteiger partial charge in [-0.2, -0.15) is 26.3 Å². The van der Waals surface area contributed by atoms with E-state index in [0.717, 1.165) is 12.1 Å². The molecule has 1 fully saturated rings. The average Bonchev–Trinajstić information content (AvgIpc) is 2.77. The number of amides is 1. The molecule has 0 saturated carbocycles. The van der Waals surface area contributed by atoms with Crippen LogP contribution in [0.1, 0.15) is 51.4 Å². The Balaban J connectivity index is 1.72. The highest BCUT2D eigenvalue weighted by Crippen LogP contribution is 2.35. The number of alkyl halides is 6. The number of rotatable bonds is 2. The smallest absolute Gasteiger partial charge is 0.352 e. The van der Waals surface area contributed by atoms with Crippen molar-refractivity contribution in [2.45, 2.75) is 51.1 Å². The van der Waals surface area contributed by atoms with E-state index in [1.165, 1.54) is 22.8 Å². The molecule has 2 aliphatic rings. The molecule has 0 bridgehead atoms. The molecular weight excluding hydrogens is 464 g/mol. The Labute approximate surface area is 191 Å². The number of nitrogens with zero attached hydrogens (tertiary/aromatic N) is 4. The van der Waals surface area contributed by atoms with E-state index < -0.39 is 29.6 Å². The van der Waals surface area contributed by atoms with E-state index in [0.29, 0.717) is 43.5 Å². The van der Waals surface area contributed by atoms with Gasteiger partial charge in [-0.25, -0.2) is 9.97 Å². The molecule has 0 radical (unpaired) electrons. The van der Waals surface area contributed by atoms with Gasteiger partial charge in [0.25, 0.3) is 5.91 Å². The molecule has 0 spiro atoms. The lowest BCUT2D eigenvalue weighted by molar-refractivity contribution is -0.145. The lowest BCUT2D eigenvalue weighted by atomic mass is 9.96. The van der Waals surface area contributed by atoms with Crippen molar-refractivity contribution >= 4 is 11.7 Å². The zero-order chi connectivity index (χ0) is 24.8. The summed E-state index contributed by atoms with van der Waals surface area (Å²) in [5.41, 5.74) is 5.86. The van der Waals surface area contributed by atoms with Crippen LogP contribution in [-0.4, -0.2) is 46.5 Å². The highest BCUT2D eigenvalue weighted by molar-refractivity contribution is 5.95. The monoisotopic (exact) mass is 487 g/mol. The molecule has 1 aromatic carbocycles. The van der Waals surface area contributed by atoms with Crippen LogP contribution >= 0.6 is 0 Å². The standard InChI is InChI=1S/C22H23F6N5O/c1-12-17(19(34)32-8-5-16(29)6-9-32)30-20(22(26,27)28)31-18(12)33-7-4-13-2-3-15(21(23,24)25)10-14(13)11-33/h2-3,10,16H,4-9,11,29H2,1H3. The van der Waals surface area contributed by atoms with Crippen molar-refractivity contribution in [1.29, 1.82) is 0 Å². The second-order valence-corrected chi connectivity index (χ2v) is 8.62. The van der Waals surface area contributed by atoms with E-state index >= 15 is 0 Å². The SMILES string of the molecule is Cc1c(C(=O)N2CCC(N)CC2)nc(C(F)(F)F)nc1N1CCc2ccc(C(F)(F)F)cc2C1. The molecule has 3 heterocycles. The quantitative estimate of drug-likeness (QED) is 0.650. The Morgan fingerprint density at radius 1 is 1.00 bits per heavy atom. The topological polar surface area (TPSA) is 75.3 Å². The molecule has 2 aromatic rings. The average molecular weight is 487 g/mol. The van der Waals surface area contributed by atoms with E-state index in [1.54, 1.807) is 0 Å². The van der Waals surface area contributed by atoms with Gasteiger partial charge in [-0.3, -0.25) is 4.79 Å². The first kappa shape index (κ1) is 24.2. The highest BCUT2D eigenvalue weighted by atomic mass is 19.4. The maximum atomic E-state index is 13.6. The predicted molar refractivity (Wildman–Crippen MR) is 111 cm³/mol. The first-order valence-corrected chi connectivity index (χ1v) is 10.8. The molecule has 0 aliphatic carbocycles. The van der Waals surface area contributed by atoms with Gasteiger partial charge in [0, 0.05) is 37.8 Å². The molecule has 2 aliphatic heterocycles. The van der Waals surface area contributed by atoms with E-state index in [9.17, 15) is 31.1 Å². The van der Waals surface area contributed by atoms with Gasteiger partial charge in [0.15, 0.2) is 0 Å². The third-order valence-electron chi connectivity index (χ3n) is 6.25. The first-order valence-electron chi connectivity index (χ1n) is 10.8. The summed E-state index contributed by atoms with van der Waals surface area (Å²) in [4.78, 5) is 23.2. The number of carbonyl (C=O) groups is 1. The van der Waals surface area contributed by atoms with E-state index in [-0.39, 0.29) is 36.2 Å². The fraction of sp³-hybridized carbons (Fsp3) is 0.500. The van der Waals surface area contributed by atoms with Crippen molar-refractivity contribution in [2.24, 2.45) is 5.73 Å². The summed E-state index contributed by atoms with van der Waals surface area (Å²) >= 11 is 0. The van der Waals surface area contributed by atoms with Crippen LogP contribution in [0.4, 0.5) is 32.2 Å². The summed E-state index contributed by atoms with van der Waals surface area (Å²) in [6.07, 6.45) is -8.06. The number of fused-ring (bicyclic) bond motifs is 1. The summed E-state index contributed by atoms with van der Waals surface area (Å²) in [5.74, 6) is -2.21. The maximum absolute atomic E-state index is 13.6. The molecule has 1 amide bonds. The van der Waals surface area contributed by atoms with Crippen LogP contribution in [0, 0.1) is 6.92 Å². The maximum Gasteiger partial charge on any atom is 0.451 e. The van der Waals surface area contributed by atoms with Crippen LogP contribution in [0.3, 0.4) is 0 Å². The Hall–Kier alpha value is -2.89. The number of hydrogen-bond donors (Lipinski definition) is 1. The molecule has 0 unspecified atom stereocenters. The number of halogens is 6. The van der Waals surface area contributed by atoms with Gasteiger partial charge in [0.1, 0.15) is 11.5 Å². The van der Waals surface area contributed by atoms with E-state index in [4.69, 9.17) is 5.73 Å². The molecule has 1 saturated heterocycles. The summed E-state index contributed by atoms with van der Waals surface area (Å²) in [6, 6.07) is 3.31. The van der Waals surface area contributed by atoms with Crippen molar-refractivity contribution in [2.75, 3.05) is 24.5 Å². The fourth-order valence-electron chi connectivity index (χ4n) is 4.31. The van der Waals surface area contributed by atoms with Gasteiger partial charge in [-0.1, -0.05) is 6.07 Å². The largest absolute Gasteiger partial charge is 0.451 e. The van der Waals surface area contributed by atoms with Crippen molar-refractivity contribution < 1.29 is 31.1 Å². The molecule has 1 aromatic heterocycles. The molecule has 0 atom stereocenters. The Kier molecular flexibility index (Phi) is 6.21. The molecule has 12 heteroatoms.